The van der Waals surface area contributed by atoms with Gasteiger partial charge in [0, 0.05) is 17.6 Å². The summed E-state index contributed by atoms with van der Waals surface area (Å²) in [7, 11) is 0. The fourth-order valence-electron chi connectivity index (χ4n) is 1.34. The lowest BCUT2D eigenvalue weighted by Gasteiger charge is -2.05. The summed E-state index contributed by atoms with van der Waals surface area (Å²) in [4.78, 5) is 4.06. The second-order valence-corrected chi connectivity index (χ2v) is 3.28. The van der Waals surface area contributed by atoms with E-state index in [1.807, 2.05) is 6.07 Å². The van der Waals surface area contributed by atoms with Crippen LogP contribution < -0.4 is 0 Å². The summed E-state index contributed by atoms with van der Waals surface area (Å²) in [6.07, 6.45) is 1.02. The average Bonchev–Trinajstić information content (AvgIpc) is 2.16. The zero-order valence-corrected chi connectivity index (χ0v) is 7.74. The largest absolute Gasteiger partial charge is 0.389 e. The molecule has 2 aromatic rings. The van der Waals surface area contributed by atoms with Gasteiger partial charge in [0.2, 0.25) is 0 Å². The van der Waals surface area contributed by atoms with Crippen LogP contribution in [0.3, 0.4) is 0 Å². The highest BCUT2D eigenvalue weighted by Gasteiger charge is 2.03. The first-order valence-electron chi connectivity index (χ1n) is 4.40. The molecule has 1 aromatic heterocycles. The number of halogens is 1. The number of hydrogen-bond acceptors (Lipinski definition) is 2. The molecule has 0 aliphatic heterocycles. The summed E-state index contributed by atoms with van der Waals surface area (Å²) >= 11 is 0. The minimum absolute atomic E-state index is 0.296. The predicted molar refractivity (Wildman–Crippen MR) is 52.3 cm³/mol. The zero-order valence-electron chi connectivity index (χ0n) is 7.74. The Morgan fingerprint density at radius 1 is 1.36 bits per heavy atom. The quantitative estimate of drug-likeness (QED) is 0.750. The van der Waals surface area contributed by atoms with Crippen molar-refractivity contribution in [1.29, 1.82) is 0 Å². The first-order valence-corrected chi connectivity index (χ1v) is 4.40. The number of fused-ring (bicyclic) bond motifs is 1. The fraction of sp³-hybridized carbons (Fsp3) is 0.182. The molecule has 1 unspecified atom stereocenters. The Labute approximate surface area is 81.0 Å². The molecule has 0 radical (unpaired) electrons. The zero-order chi connectivity index (χ0) is 10.1. The van der Waals surface area contributed by atoms with Gasteiger partial charge in [-0.3, -0.25) is 4.98 Å². The van der Waals surface area contributed by atoms with E-state index in [4.69, 9.17) is 0 Å². The van der Waals surface area contributed by atoms with Gasteiger partial charge in [-0.15, -0.1) is 0 Å². The van der Waals surface area contributed by atoms with Crippen LogP contribution in [0, 0.1) is 5.82 Å². The van der Waals surface area contributed by atoms with Gasteiger partial charge in [0.1, 0.15) is 5.82 Å². The van der Waals surface area contributed by atoms with Gasteiger partial charge in [-0.05, 0) is 30.7 Å². The number of aliphatic hydroxyl groups excluding tert-OH is 1. The number of nitrogens with zero attached hydrogens (tertiary/aromatic N) is 1. The van der Waals surface area contributed by atoms with Gasteiger partial charge >= 0.3 is 0 Å². The molecule has 14 heavy (non-hydrogen) atoms. The third-order valence-corrected chi connectivity index (χ3v) is 2.15. The molecule has 0 spiro atoms. The Morgan fingerprint density at radius 2 is 2.14 bits per heavy atom. The highest BCUT2D eigenvalue weighted by atomic mass is 19.1. The van der Waals surface area contributed by atoms with Crippen LogP contribution in [0.4, 0.5) is 4.39 Å². The van der Waals surface area contributed by atoms with E-state index >= 15 is 0 Å². The molecule has 0 saturated heterocycles. The number of aromatic nitrogens is 1. The van der Waals surface area contributed by atoms with Gasteiger partial charge in [-0.2, -0.15) is 0 Å². The minimum Gasteiger partial charge on any atom is -0.389 e. The molecular weight excluding hydrogens is 181 g/mol. The maximum atomic E-state index is 12.8. The van der Waals surface area contributed by atoms with Crippen molar-refractivity contribution in [2.75, 3.05) is 0 Å². The second kappa shape index (κ2) is 3.35. The number of aliphatic hydroxyl groups is 1. The van der Waals surface area contributed by atoms with Crippen LogP contribution in [0.25, 0.3) is 10.9 Å². The second-order valence-electron chi connectivity index (χ2n) is 3.28. The molecule has 72 valence electrons. The molecule has 1 N–H and O–H groups in total. The molecule has 0 bridgehead atoms. The van der Waals surface area contributed by atoms with Crippen molar-refractivity contribution in [3.8, 4) is 0 Å². The van der Waals surface area contributed by atoms with Gasteiger partial charge in [-0.1, -0.05) is 0 Å². The van der Waals surface area contributed by atoms with Crippen molar-refractivity contribution >= 4 is 10.9 Å². The van der Waals surface area contributed by atoms with E-state index in [9.17, 15) is 9.50 Å². The third-order valence-electron chi connectivity index (χ3n) is 2.15. The Morgan fingerprint density at radius 3 is 2.86 bits per heavy atom. The lowest BCUT2D eigenvalue weighted by atomic mass is 10.1. The molecule has 2 nitrogen and oxygen atoms in total. The number of benzene rings is 1. The van der Waals surface area contributed by atoms with Crippen molar-refractivity contribution < 1.29 is 9.50 Å². The number of hydrogen-bond donors (Lipinski definition) is 1. The van der Waals surface area contributed by atoms with E-state index in [0.29, 0.717) is 5.52 Å². The molecule has 0 amide bonds. The highest BCUT2D eigenvalue weighted by Crippen LogP contribution is 2.18. The van der Waals surface area contributed by atoms with Crippen LogP contribution in [0.5, 0.6) is 0 Å². The molecule has 0 saturated carbocycles. The van der Waals surface area contributed by atoms with Crippen LogP contribution in [0.2, 0.25) is 0 Å². The third kappa shape index (κ3) is 1.59. The summed E-state index contributed by atoms with van der Waals surface area (Å²) in [5.74, 6) is -0.296. The van der Waals surface area contributed by atoms with E-state index in [2.05, 4.69) is 4.98 Å². The van der Waals surface area contributed by atoms with Crippen molar-refractivity contribution in [3.63, 3.8) is 0 Å². The van der Waals surface area contributed by atoms with Gasteiger partial charge < -0.3 is 5.11 Å². The topological polar surface area (TPSA) is 33.1 Å². The number of pyridine rings is 1. The lowest BCUT2D eigenvalue weighted by molar-refractivity contribution is 0.199. The Bertz CT molecular complexity index is 468. The Hall–Kier alpha value is -1.48. The van der Waals surface area contributed by atoms with Crippen molar-refractivity contribution in [3.05, 3.63) is 41.8 Å². The van der Waals surface area contributed by atoms with E-state index < -0.39 is 6.10 Å². The monoisotopic (exact) mass is 191 g/mol. The van der Waals surface area contributed by atoms with Gasteiger partial charge in [0.05, 0.1) is 11.6 Å². The van der Waals surface area contributed by atoms with E-state index in [-0.39, 0.29) is 5.82 Å². The van der Waals surface area contributed by atoms with Crippen LogP contribution in [-0.4, -0.2) is 10.1 Å². The van der Waals surface area contributed by atoms with E-state index in [1.165, 1.54) is 12.1 Å². The van der Waals surface area contributed by atoms with Crippen LogP contribution >= 0.6 is 0 Å². The molecule has 3 heteroatoms. The van der Waals surface area contributed by atoms with Gasteiger partial charge in [0.25, 0.3) is 0 Å². The Balaban J connectivity index is 2.62. The molecule has 0 aliphatic rings. The average molecular weight is 191 g/mol. The SMILES string of the molecule is CC(O)c1cnc2cc(F)ccc2c1. The summed E-state index contributed by atoms with van der Waals surface area (Å²) in [5, 5.41) is 10.2. The molecule has 0 fully saturated rings. The maximum absolute atomic E-state index is 12.8. The molecule has 1 heterocycles. The maximum Gasteiger partial charge on any atom is 0.125 e. The van der Waals surface area contributed by atoms with E-state index in [0.717, 1.165) is 10.9 Å². The standard InChI is InChI=1S/C11H10FNO/c1-7(14)9-4-8-2-3-10(12)5-11(8)13-6-9/h2-7,14H,1H3. The minimum atomic E-state index is -0.544. The molecule has 2 rings (SSSR count). The van der Waals surface area contributed by atoms with Crippen molar-refractivity contribution in [2.24, 2.45) is 0 Å². The van der Waals surface area contributed by atoms with Crippen molar-refractivity contribution in [2.45, 2.75) is 13.0 Å². The fourth-order valence-corrected chi connectivity index (χ4v) is 1.34. The first kappa shape index (κ1) is 9.09. The van der Waals surface area contributed by atoms with Gasteiger partial charge in [-0.25, -0.2) is 4.39 Å². The molecule has 1 aromatic carbocycles. The normalized spacial score (nSPS) is 13.1. The summed E-state index contributed by atoms with van der Waals surface area (Å²) < 4.78 is 12.8. The highest BCUT2D eigenvalue weighted by molar-refractivity contribution is 5.78. The predicted octanol–water partition coefficient (Wildman–Crippen LogP) is 2.43. The summed E-state index contributed by atoms with van der Waals surface area (Å²) in [6, 6.07) is 6.23. The van der Waals surface area contributed by atoms with E-state index in [1.54, 1.807) is 19.2 Å². The summed E-state index contributed by atoms with van der Waals surface area (Å²) in [5.41, 5.74) is 1.35. The van der Waals surface area contributed by atoms with Crippen LogP contribution in [0.1, 0.15) is 18.6 Å². The van der Waals surface area contributed by atoms with Crippen molar-refractivity contribution in [1.82, 2.24) is 4.98 Å². The van der Waals surface area contributed by atoms with Crippen LogP contribution in [-0.2, 0) is 0 Å². The molecule has 1 atom stereocenters. The van der Waals surface area contributed by atoms with Gasteiger partial charge in [0.15, 0.2) is 0 Å². The first-order chi connectivity index (χ1) is 6.66. The summed E-state index contributed by atoms with van der Waals surface area (Å²) in [6.45, 7) is 1.67. The number of rotatable bonds is 1. The lowest BCUT2D eigenvalue weighted by Crippen LogP contribution is -1.92. The Kier molecular flexibility index (Phi) is 2.17. The smallest absolute Gasteiger partial charge is 0.125 e. The molecule has 0 aliphatic carbocycles. The van der Waals surface area contributed by atoms with Crippen LogP contribution in [0.15, 0.2) is 30.5 Å². The molecular formula is C11H10FNO.